The van der Waals surface area contributed by atoms with Gasteiger partial charge >= 0.3 is 0 Å². The van der Waals surface area contributed by atoms with Gasteiger partial charge in [-0.15, -0.1) is 0 Å². The van der Waals surface area contributed by atoms with E-state index in [1.54, 1.807) is 19.5 Å². The van der Waals surface area contributed by atoms with Gasteiger partial charge in [-0.2, -0.15) is 0 Å². The molecule has 1 aromatic heterocycles. The van der Waals surface area contributed by atoms with Crippen molar-refractivity contribution < 1.29 is 9.18 Å². The van der Waals surface area contributed by atoms with Gasteiger partial charge in [-0.05, 0) is 42.5 Å². The van der Waals surface area contributed by atoms with Crippen molar-refractivity contribution in [2.24, 2.45) is 16.3 Å². The molecule has 29 heavy (non-hydrogen) atoms. The third-order valence-electron chi connectivity index (χ3n) is 6.25. The van der Waals surface area contributed by atoms with Crippen LogP contribution in [0.15, 0.2) is 35.5 Å². The lowest BCUT2D eigenvalue weighted by molar-refractivity contribution is -0.128. The van der Waals surface area contributed by atoms with E-state index in [2.05, 4.69) is 16.9 Å². The molecule has 3 rings (SSSR count). The number of Topliss-reactive ketones (excluding diaryl/α,β-unsaturated/α-hetero) is 1. The Morgan fingerprint density at radius 2 is 2.14 bits per heavy atom. The van der Waals surface area contributed by atoms with Gasteiger partial charge in [0.1, 0.15) is 17.4 Å². The minimum atomic E-state index is -0.389. The molecule has 0 amide bonds. The van der Waals surface area contributed by atoms with E-state index in [0.29, 0.717) is 22.7 Å². The lowest BCUT2D eigenvalue weighted by Gasteiger charge is -2.20. The number of hydrogen-bond donors (Lipinski definition) is 1. The number of benzene rings is 1. The van der Waals surface area contributed by atoms with Gasteiger partial charge < -0.3 is 5.73 Å². The fourth-order valence-corrected chi connectivity index (χ4v) is 4.39. The SMILES string of the molecule is CCCC1(C(=O)C(C)CC)CC1c1ccc(-c2cnc(N)c(C=NC)c2)cc1F. The summed E-state index contributed by atoms with van der Waals surface area (Å²) in [6.07, 6.45) is 6.61. The van der Waals surface area contributed by atoms with Crippen LogP contribution < -0.4 is 5.73 Å². The molecule has 1 aliphatic rings. The summed E-state index contributed by atoms with van der Waals surface area (Å²) in [5.41, 5.74) is 8.36. The zero-order chi connectivity index (χ0) is 21.2. The maximum Gasteiger partial charge on any atom is 0.142 e. The average Bonchev–Trinajstić information content (AvgIpc) is 3.43. The molecule has 4 nitrogen and oxygen atoms in total. The number of nitrogen functional groups attached to an aromatic ring is 1. The van der Waals surface area contributed by atoms with Crippen molar-refractivity contribution in [3.8, 4) is 11.1 Å². The first-order valence-electron chi connectivity index (χ1n) is 10.4. The molecule has 0 radical (unpaired) electrons. The average molecular weight is 396 g/mol. The first-order valence-corrected chi connectivity index (χ1v) is 10.4. The van der Waals surface area contributed by atoms with Gasteiger partial charge in [-0.25, -0.2) is 9.37 Å². The third kappa shape index (κ3) is 3.96. The molecule has 0 spiro atoms. The van der Waals surface area contributed by atoms with E-state index in [1.165, 1.54) is 6.07 Å². The molecular formula is C24H30FN3O. The van der Waals surface area contributed by atoms with Gasteiger partial charge in [-0.3, -0.25) is 9.79 Å². The maximum atomic E-state index is 15.1. The summed E-state index contributed by atoms with van der Waals surface area (Å²) in [6.45, 7) is 6.11. The van der Waals surface area contributed by atoms with E-state index >= 15 is 4.39 Å². The second-order valence-electron chi connectivity index (χ2n) is 8.16. The number of halogens is 1. The highest BCUT2D eigenvalue weighted by atomic mass is 19.1. The Hall–Kier alpha value is -2.56. The highest BCUT2D eigenvalue weighted by Gasteiger charge is 2.60. The Kier molecular flexibility index (Phi) is 6.15. The predicted molar refractivity (Wildman–Crippen MR) is 117 cm³/mol. The number of hydrogen-bond acceptors (Lipinski definition) is 4. The molecule has 1 heterocycles. The van der Waals surface area contributed by atoms with Crippen LogP contribution in [0.3, 0.4) is 0 Å². The number of nitrogens with two attached hydrogens (primary N) is 1. The van der Waals surface area contributed by atoms with E-state index < -0.39 is 0 Å². The van der Waals surface area contributed by atoms with Crippen LogP contribution in [0.2, 0.25) is 0 Å². The highest BCUT2D eigenvalue weighted by Crippen LogP contribution is 2.64. The van der Waals surface area contributed by atoms with Crippen LogP contribution in [0.4, 0.5) is 10.2 Å². The van der Waals surface area contributed by atoms with E-state index in [-0.39, 0.29) is 23.1 Å². The summed E-state index contributed by atoms with van der Waals surface area (Å²) in [4.78, 5) is 21.2. The van der Waals surface area contributed by atoms with Crippen molar-refractivity contribution in [1.29, 1.82) is 0 Å². The van der Waals surface area contributed by atoms with Crippen LogP contribution in [-0.4, -0.2) is 24.0 Å². The fraction of sp³-hybridized carbons (Fsp3) is 0.458. The lowest BCUT2D eigenvalue weighted by Crippen LogP contribution is -2.24. The minimum absolute atomic E-state index is 0.0217. The molecule has 0 aliphatic heterocycles. The number of nitrogens with zero attached hydrogens (tertiary/aromatic N) is 2. The van der Waals surface area contributed by atoms with Gasteiger partial charge in [0.25, 0.3) is 0 Å². The standard InChI is InChI=1S/C24H30FN3O/c1-5-9-24(22(29)15(3)6-2)12-20(24)19-8-7-16(11-21(19)25)17-10-18(13-27-4)23(26)28-14-17/h7-8,10-11,13-15,20H,5-6,9,12H2,1-4H3,(H2,26,28). The predicted octanol–water partition coefficient (Wildman–Crippen LogP) is 5.41. The number of pyridine rings is 1. The van der Waals surface area contributed by atoms with Gasteiger partial charge in [-0.1, -0.05) is 39.3 Å². The molecule has 1 aromatic carbocycles. The number of aliphatic imine (C=N–C) groups is 1. The topological polar surface area (TPSA) is 68.3 Å². The van der Waals surface area contributed by atoms with Crippen LogP contribution in [0.25, 0.3) is 11.1 Å². The quantitative estimate of drug-likeness (QED) is 0.608. The van der Waals surface area contributed by atoms with E-state index in [9.17, 15) is 4.79 Å². The van der Waals surface area contributed by atoms with Crippen LogP contribution in [0.5, 0.6) is 0 Å². The zero-order valence-corrected chi connectivity index (χ0v) is 17.7. The van der Waals surface area contributed by atoms with Crippen LogP contribution in [-0.2, 0) is 4.79 Å². The number of anilines is 1. The Labute approximate surface area is 172 Å². The molecule has 3 atom stereocenters. The van der Waals surface area contributed by atoms with Gasteiger partial charge in [0.15, 0.2) is 0 Å². The van der Waals surface area contributed by atoms with Crippen molar-refractivity contribution in [2.45, 2.75) is 52.4 Å². The maximum absolute atomic E-state index is 15.1. The highest BCUT2D eigenvalue weighted by molar-refractivity contribution is 5.91. The monoisotopic (exact) mass is 395 g/mol. The molecule has 0 bridgehead atoms. The second kappa shape index (κ2) is 8.44. The summed E-state index contributed by atoms with van der Waals surface area (Å²) < 4.78 is 15.1. The molecule has 154 valence electrons. The van der Waals surface area contributed by atoms with Crippen molar-refractivity contribution >= 4 is 17.8 Å². The number of carbonyl (C=O) groups is 1. The Morgan fingerprint density at radius 3 is 2.76 bits per heavy atom. The minimum Gasteiger partial charge on any atom is -0.383 e. The van der Waals surface area contributed by atoms with E-state index in [0.717, 1.165) is 36.8 Å². The van der Waals surface area contributed by atoms with Crippen LogP contribution in [0.1, 0.15) is 63.5 Å². The molecule has 2 aromatic rings. The van der Waals surface area contributed by atoms with Gasteiger partial charge in [0, 0.05) is 47.8 Å². The Balaban J connectivity index is 1.91. The number of ketones is 1. The first kappa shape index (κ1) is 21.2. The van der Waals surface area contributed by atoms with Crippen molar-refractivity contribution in [2.75, 3.05) is 12.8 Å². The molecule has 5 heteroatoms. The van der Waals surface area contributed by atoms with E-state index in [1.807, 2.05) is 32.0 Å². The summed E-state index contributed by atoms with van der Waals surface area (Å²) >= 11 is 0. The van der Waals surface area contributed by atoms with Crippen LogP contribution in [0, 0.1) is 17.2 Å². The molecule has 2 N–H and O–H groups in total. The molecule has 3 unspecified atom stereocenters. The van der Waals surface area contributed by atoms with Crippen molar-refractivity contribution in [1.82, 2.24) is 4.98 Å². The third-order valence-corrected chi connectivity index (χ3v) is 6.25. The molecule has 1 saturated carbocycles. The molecule has 0 saturated heterocycles. The van der Waals surface area contributed by atoms with Gasteiger partial charge in [0.05, 0.1) is 0 Å². The number of rotatable bonds is 8. The molecular weight excluding hydrogens is 365 g/mol. The Bertz CT molecular complexity index is 940. The summed E-state index contributed by atoms with van der Waals surface area (Å²) in [5, 5.41) is 0. The van der Waals surface area contributed by atoms with Crippen molar-refractivity contribution in [3.63, 3.8) is 0 Å². The van der Waals surface area contributed by atoms with E-state index in [4.69, 9.17) is 5.73 Å². The normalized spacial score (nSPS) is 22.0. The number of carbonyl (C=O) groups excluding carboxylic acids is 1. The Morgan fingerprint density at radius 1 is 1.38 bits per heavy atom. The largest absolute Gasteiger partial charge is 0.383 e. The van der Waals surface area contributed by atoms with Crippen LogP contribution >= 0.6 is 0 Å². The van der Waals surface area contributed by atoms with Gasteiger partial charge in [0.2, 0.25) is 0 Å². The summed E-state index contributed by atoms with van der Waals surface area (Å²) in [7, 11) is 1.67. The fourth-order valence-electron chi connectivity index (χ4n) is 4.39. The zero-order valence-electron chi connectivity index (χ0n) is 17.7. The number of aromatic nitrogens is 1. The second-order valence-corrected chi connectivity index (χ2v) is 8.16. The lowest BCUT2D eigenvalue weighted by atomic mass is 9.83. The smallest absolute Gasteiger partial charge is 0.142 e. The molecule has 1 fully saturated rings. The van der Waals surface area contributed by atoms with Crippen molar-refractivity contribution in [3.05, 3.63) is 47.4 Å². The molecule has 1 aliphatic carbocycles. The summed E-state index contributed by atoms with van der Waals surface area (Å²) in [5.74, 6) is 0.424. The summed E-state index contributed by atoms with van der Waals surface area (Å²) in [6, 6.07) is 7.13. The first-order chi connectivity index (χ1) is 13.9.